The number of benzene rings is 1. The van der Waals surface area contributed by atoms with Gasteiger partial charge in [0.05, 0.1) is 24.0 Å². The standard InChI is InChI=1S/C13H16N4O2/c1-9-7-16-17(8-9)5-4-15-12-6-10(14)2-3-11(12)13(18)19/h2-3,6-8,15H,4-5,14H2,1H3,(H,18,19). The van der Waals surface area contributed by atoms with Crippen molar-refractivity contribution in [1.82, 2.24) is 9.78 Å². The van der Waals surface area contributed by atoms with E-state index in [0.717, 1.165) is 5.56 Å². The Morgan fingerprint density at radius 3 is 2.95 bits per heavy atom. The summed E-state index contributed by atoms with van der Waals surface area (Å²) >= 11 is 0. The van der Waals surface area contributed by atoms with Gasteiger partial charge in [-0.3, -0.25) is 4.68 Å². The highest BCUT2D eigenvalue weighted by Gasteiger charge is 2.09. The Hall–Kier alpha value is -2.50. The molecule has 0 amide bonds. The Kier molecular flexibility index (Phi) is 3.70. The first-order valence-electron chi connectivity index (χ1n) is 5.92. The zero-order valence-electron chi connectivity index (χ0n) is 10.6. The maximum Gasteiger partial charge on any atom is 0.337 e. The minimum absolute atomic E-state index is 0.214. The molecule has 6 nitrogen and oxygen atoms in total. The van der Waals surface area contributed by atoms with Crippen LogP contribution in [0.25, 0.3) is 0 Å². The zero-order valence-corrected chi connectivity index (χ0v) is 10.6. The first kappa shape index (κ1) is 12.9. The van der Waals surface area contributed by atoms with Crippen molar-refractivity contribution < 1.29 is 9.90 Å². The fourth-order valence-electron chi connectivity index (χ4n) is 1.79. The molecule has 1 aromatic heterocycles. The van der Waals surface area contributed by atoms with Crippen molar-refractivity contribution in [3.63, 3.8) is 0 Å². The van der Waals surface area contributed by atoms with Crippen LogP contribution in [0.2, 0.25) is 0 Å². The van der Waals surface area contributed by atoms with Gasteiger partial charge < -0.3 is 16.2 Å². The lowest BCUT2D eigenvalue weighted by molar-refractivity contribution is 0.0698. The molecule has 0 aliphatic heterocycles. The molecule has 19 heavy (non-hydrogen) atoms. The summed E-state index contributed by atoms with van der Waals surface area (Å²) in [4.78, 5) is 11.1. The number of nitrogen functional groups attached to an aromatic ring is 1. The van der Waals surface area contributed by atoms with Gasteiger partial charge in [0.1, 0.15) is 0 Å². The van der Waals surface area contributed by atoms with Crippen LogP contribution in [0.3, 0.4) is 0 Å². The number of nitrogens with two attached hydrogens (primary N) is 1. The molecule has 6 heteroatoms. The van der Waals surface area contributed by atoms with Crippen molar-refractivity contribution in [3.8, 4) is 0 Å². The summed E-state index contributed by atoms with van der Waals surface area (Å²) in [5.41, 5.74) is 8.02. The van der Waals surface area contributed by atoms with E-state index in [2.05, 4.69) is 10.4 Å². The normalized spacial score (nSPS) is 10.4. The lowest BCUT2D eigenvalue weighted by Crippen LogP contribution is -2.13. The van der Waals surface area contributed by atoms with Crippen LogP contribution in [0.5, 0.6) is 0 Å². The van der Waals surface area contributed by atoms with E-state index in [9.17, 15) is 4.79 Å². The summed E-state index contributed by atoms with van der Waals surface area (Å²) < 4.78 is 1.80. The van der Waals surface area contributed by atoms with Crippen LogP contribution in [0.15, 0.2) is 30.6 Å². The third-order valence-electron chi connectivity index (χ3n) is 2.69. The number of nitrogens with one attached hydrogen (secondary N) is 1. The van der Waals surface area contributed by atoms with Crippen molar-refractivity contribution in [1.29, 1.82) is 0 Å². The van der Waals surface area contributed by atoms with Crippen molar-refractivity contribution in [2.75, 3.05) is 17.6 Å². The maximum atomic E-state index is 11.1. The first-order chi connectivity index (χ1) is 9.06. The Bertz CT molecular complexity index is 592. The van der Waals surface area contributed by atoms with Crippen LogP contribution >= 0.6 is 0 Å². The largest absolute Gasteiger partial charge is 0.478 e. The number of hydrogen-bond donors (Lipinski definition) is 3. The van der Waals surface area contributed by atoms with Gasteiger partial charge in [-0.1, -0.05) is 0 Å². The second-order valence-electron chi connectivity index (χ2n) is 4.32. The molecule has 0 radical (unpaired) electrons. The quantitative estimate of drug-likeness (QED) is 0.710. The molecule has 0 saturated heterocycles. The van der Waals surface area contributed by atoms with Crippen LogP contribution in [0.1, 0.15) is 15.9 Å². The van der Waals surface area contributed by atoms with Gasteiger partial charge in [0, 0.05) is 18.4 Å². The highest BCUT2D eigenvalue weighted by Crippen LogP contribution is 2.19. The van der Waals surface area contributed by atoms with Crippen LogP contribution in [-0.2, 0) is 6.54 Å². The number of carboxylic acid groups (broad SMARTS) is 1. The fourth-order valence-corrected chi connectivity index (χ4v) is 1.79. The predicted octanol–water partition coefficient (Wildman–Crippen LogP) is 1.58. The number of aromatic nitrogens is 2. The SMILES string of the molecule is Cc1cnn(CCNc2cc(N)ccc2C(=O)O)c1. The van der Waals surface area contributed by atoms with Crippen LogP contribution in [0, 0.1) is 6.92 Å². The van der Waals surface area contributed by atoms with Gasteiger partial charge in [-0.15, -0.1) is 0 Å². The summed E-state index contributed by atoms with van der Waals surface area (Å²) in [6.45, 7) is 3.20. The summed E-state index contributed by atoms with van der Waals surface area (Å²) in [6.07, 6.45) is 3.71. The number of aryl methyl sites for hydroxylation is 1. The molecule has 0 bridgehead atoms. The number of carbonyl (C=O) groups is 1. The Morgan fingerprint density at radius 2 is 2.32 bits per heavy atom. The van der Waals surface area contributed by atoms with E-state index in [4.69, 9.17) is 10.8 Å². The highest BCUT2D eigenvalue weighted by molar-refractivity contribution is 5.95. The monoisotopic (exact) mass is 260 g/mol. The molecule has 0 saturated carbocycles. The molecule has 0 unspecified atom stereocenters. The summed E-state index contributed by atoms with van der Waals surface area (Å²) in [7, 11) is 0. The van der Waals surface area contributed by atoms with E-state index in [-0.39, 0.29) is 5.56 Å². The van der Waals surface area contributed by atoms with E-state index < -0.39 is 5.97 Å². The molecular weight excluding hydrogens is 244 g/mol. The Morgan fingerprint density at radius 1 is 1.53 bits per heavy atom. The number of anilines is 2. The van der Waals surface area contributed by atoms with Gasteiger partial charge in [0.2, 0.25) is 0 Å². The maximum absolute atomic E-state index is 11.1. The molecular formula is C13H16N4O2. The number of carboxylic acids is 1. The van der Waals surface area contributed by atoms with Gasteiger partial charge in [0.15, 0.2) is 0 Å². The van der Waals surface area contributed by atoms with Crippen molar-refractivity contribution in [2.45, 2.75) is 13.5 Å². The molecule has 0 spiro atoms. The molecule has 4 N–H and O–H groups in total. The van der Waals surface area contributed by atoms with E-state index in [1.807, 2.05) is 13.1 Å². The smallest absolute Gasteiger partial charge is 0.337 e. The average Bonchev–Trinajstić information content (AvgIpc) is 2.75. The molecule has 100 valence electrons. The lowest BCUT2D eigenvalue weighted by atomic mass is 10.1. The number of nitrogens with zero attached hydrogens (tertiary/aromatic N) is 2. The Labute approximate surface area is 110 Å². The van der Waals surface area contributed by atoms with Crippen LogP contribution < -0.4 is 11.1 Å². The van der Waals surface area contributed by atoms with E-state index in [1.54, 1.807) is 23.0 Å². The van der Waals surface area contributed by atoms with Gasteiger partial charge in [-0.25, -0.2) is 4.79 Å². The van der Waals surface area contributed by atoms with Gasteiger partial charge >= 0.3 is 5.97 Å². The molecule has 2 aromatic rings. The summed E-state index contributed by atoms with van der Waals surface area (Å²) in [5.74, 6) is -0.975. The topological polar surface area (TPSA) is 93.2 Å². The fraction of sp³-hybridized carbons (Fsp3) is 0.231. The van der Waals surface area contributed by atoms with Gasteiger partial charge in [-0.2, -0.15) is 5.10 Å². The van der Waals surface area contributed by atoms with Crippen LogP contribution in [-0.4, -0.2) is 27.4 Å². The van der Waals surface area contributed by atoms with E-state index in [1.165, 1.54) is 6.07 Å². The number of rotatable bonds is 5. The molecule has 0 fully saturated rings. The zero-order chi connectivity index (χ0) is 13.8. The van der Waals surface area contributed by atoms with E-state index >= 15 is 0 Å². The summed E-state index contributed by atoms with van der Waals surface area (Å²) in [5, 5.41) is 16.3. The predicted molar refractivity (Wildman–Crippen MR) is 73.3 cm³/mol. The number of aromatic carboxylic acids is 1. The molecule has 0 aliphatic carbocycles. The van der Waals surface area contributed by atoms with E-state index in [0.29, 0.717) is 24.5 Å². The summed E-state index contributed by atoms with van der Waals surface area (Å²) in [6, 6.07) is 4.70. The third kappa shape index (κ3) is 3.25. The molecule has 0 atom stereocenters. The van der Waals surface area contributed by atoms with Crippen molar-refractivity contribution in [3.05, 3.63) is 41.7 Å². The second kappa shape index (κ2) is 5.43. The van der Waals surface area contributed by atoms with Gasteiger partial charge in [0.25, 0.3) is 0 Å². The minimum Gasteiger partial charge on any atom is -0.478 e. The lowest BCUT2D eigenvalue weighted by Gasteiger charge is -2.10. The second-order valence-corrected chi connectivity index (χ2v) is 4.32. The molecule has 0 aliphatic rings. The van der Waals surface area contributed by atoms with Gasteiger partial charge in [-0.05, 0) is 30.7 Å². The highest BCUT2D eigenvalue weighted by atomic mass is 16.4. The minimum atomic E-state index is -0.975. The molecule has 2 rings (SSSR count). The van der Waals surface area contributed by atoms with Crippen molar-refractivity contribution >= 4 is 17.3 Å². The van der Waals surface area contributed by atoms with Crippen molar-refractivity contribution in [2.24, 2.45) is 0 Å². The third-order valence-corrected chi connectivity index (χ3v) is 2.69. The Balaban J connectivity index is 2.02. The van der Waals surface area contributed by atoms with Crippen LogP contribution in [0.4, 0.5) is 11.4 Å². The first-order valence-corrected chi connectivity index (χ1v) is 5.92. The molecule has 1 aromatic carbocycles. The molecule has 1 heterocycles. The number of hydrogen-bond acceptors (Lipinski definition) is 4. The average molecular weight is 260 g/mol.